The Labute approximate surface area is 91.1 Å². The van der Waals surface area contributed by atoms with Crippen molar-refractivity contribution in [2.75, 3.05) is 6.54 Å². The van der Waals surface area contributed by atoms with Crippen LogP contribution in [0.2, 0.25) is 0 Å². The van der Waals surface area contributed by atoms with Crippen LogP contribution < -0.4 is 5.32 Å². The molecular weight excluding hydrogens is 186 g/mol. The van der Waals surface area contributed by atoms with Gasteiger partial charge in [-0.2, -0.15) is 0 Å². The van der Waals surface area contributed by atoms with Gasteiger partial charge in [0.15, 0.2) is 5.78 Å². The van der Waals surface area contributed by atoms with Crippen LogP contribution in [0, 0.1) is 5.92 Å². The highest BCUT2D eigenvalue weighted by atomic mass is 16.1. The number of rotatable bonds is 0. The van der Waals surface area contributed by atoms with Crippen LogP contribution in [0.15, 0.2) is 11.1 Å². The molecule has 1 aliphatic heterocycles. The van der Waals surface area contributed by atoms with E-state index in [1.807, 2.05) is 0 Å². The summed E-state index contributed by atoms with van der Waals surface area (Å²) in [5, 5.41) is 3.62. The molecule has 1 N–H and O–H groups in total. The van der Waals surface area contributed by atoms with Gasteiger partial charge in [-0.25, -0.2) is 0 Å². The molecule has 0 aromatic carbocycles. The molecule has 2 nitrogen and oxygen atoms in total. The molecule has 82 valence electrons. The van der Waals surface area contributed by atoms with Crippen LogP contribution in [0.3, 0.4) is 0 Å². The van der Waals surface area contributed by atoms with Gasteiger partial charge in [-0.1, -0.05) is 5.57 Å². The summed E-state index contributed by atoms with van der Waals surface area (Å²) in [5.74, 6) is 1.21. The number of piperidine rings is 1. The highest BCUT2D eigenvalue weighted by Gasteiger charge is 2.34. The second kappa shape index (κ2) is 3.75. The van der Waals surface area contributed by atoms with E-state index in [0.29, 0.717) is 11.8 Å². The van der Waals surface area contributed by atoms with Gasteiger partial charge in [0.05, 0.1) is 0 Å². The van der Waals surface area contributed by atoms with Crippen molar-refractivity contribution in [2.45, 2.75) is 51.0 Å². The zero-order valence-electron chi connectivity index (χ0n) is 9.22. The topological polar surface area (TPSA) is 29.1 Å². The zero-order valence-corrected chi connectivity index (χ0v) is 9.22. The van der Waals surface area contributed by atoms with E-state index in [2.05, 4.69) is 5.32 Å². The van der Waals surface area contributed by atoms with Crippen molar-refractivity contribution in [2.24, 2.45) is 5.92 Å². The Hall–Kier alpha value is -0.630. The van der Waals surface area contributed by atoms with E-state index in [-0.39, 0.29) is 0 Å². The van der Waals surface area contributed by atoms with Crippen LogP contribution >= 0.6 is 0 Å². The maximum atomic E-state index is 11.8. The molecule has 0 bridgehead atoms. The standard InChI is InChI=1S/C13H19NO/c15-13-5-1-3-9-8-12-10(7-11(9)13)4-2-6-14-12/h10,12,14H,1-8H2/t10-,12-/m0/s1. The van der Waals surface area contributed by atoms with E-state index in [0.717, 1.165) is 31.6 Å². The van der Waals surface area contributed by atoms with E-state index >= 15 is 0 Å². The number of ketones is 1. The molecular formula is C13H19NO. The van der Waals surface area contributed by atoms with Crippen molar-refractivity contribution in [3.63, 3.8) is 0 Å². The minimum Gasteiger partial charge on any atom is -0.313 e. The van der Waals surface area contributed by atoms with Crippen molar-refractivity contribution in [3.05, 3.63) is 11.1 Å². The summed E-state index contributed by atoms with van der Waals surface area (Å²) in [7, 11) is 0. The third-order valence-electron chi connectivity index (χ3n) is 4.31. The molecule has 2 heteroatoms. The Morgan fingerprint density at radius 1 is 1.13 bits per heavy atom. The van der Waals surface area contributed by atoms with Crippen molar-refractivity contribution in [1.29, 1.82) is 0 Å². The number of hydrogen-bond acceptors (Lipinski definition) is 2. The molecule has 1 saturated heterocycles. The third kappa shape index (κ3) is 1.65. The van der Waals surface area contributed by atoms with Gasteiger partial charge in [0.1, 0.15) is 0 Å². The van der Waals surface area contributed by atoms with Gasteiger partial charge in [-0.15, -0.1) is 0 Å². The monoisotopic (exact) mass is 205 g/mol. The lowest BCUT2D eigenvalue weighted by atomic mass is 9.72. The first-order valence-electron chi connectivity index (χ1n) is 6.32. The molecule has 0 spiro atoms. The summed E-state index contributed by atoms with van der Waals surface area (Å²) in [6.07, 6.45) is 7.93. The summed E-state index contributed by atoms with van der Waals surface area (Å²) in [6, 6.07) is 0.684. The molecule has 1 fully saturated rings. The number of Topliss-reactive ketones (excluding diaryl/α,β-unsaturated/α-hetero) is 1. The summed E-state index contributed by atoms with van der Waals surface area (Å²) in [4.78, 5) is 11.8. The first-order valence-corrected chi connectivity index (χ1v) is 6.32. The number of carbonyl (C=O) groups is 1. The van der Waals surface area contributed by atoms with E-state index < -0.39 is 0 Å². The fraction of sp³-hybridized carbons (Fsp3) is 0.769. The Balaban J connectivity index is 1.86. The van der Waals surface area contributed by atoms with Gasteiger partial charge in [0.25, 0.3) is 0 Å². The molecule has 3 aliphatic rings. The lowest BCUT2D eigenvalue weighted by molar-refractivity contribution is -0.116. The van der Waals surface area contributed by atoms with Gasteiger partial charge in [-0.3, -0.25) is 4.79 Å². The quantitative estimate of drug-likeness (QED) is 0.657. The van der Waals surface area contributed by atoms with Crippen molar-refractivity contribution >= 4 is 5.78 Å². The van der Waals surface area contributed by atoms with Crippen molar-refractivity contribution in [1.82, 2.24) is 5.32 Å². The fourth-order valence-corrected chi connectivity index (χ4v) is 3.48. The number of hydrogen-bond donors (Lipinski definition) is 1. The van der Waals surface area contributed by atoms with Gasteiger partial charge in [0.2, 0.25) is 0 Å². The Morgan fingerprint density at radius 2 is 2.07 bits per heavy atom. The predicted molar refractivity (Wildman–Crippen MR) is 59.6 cm³/mol. The zero-order chi connectivity index (χ0) is 10.3. The van der Waals surface area contributed by atoms with Gasteiger partial charge in [0, 0.05) is 12.5 Å². The van der Waals surface area contributed by atoms with Gasteiger partial charge in [-0.05, 0) is 56.6 Å². The maximum Gasteiger partial charge on any atom is 0.158 e. The molecule has 2 atom stereocenters. The molecule has 0 amide bonds. The molecule has 2 aliphatic carbocycles. The van der Waals surface area contributed by atoms with Crippen LogP contribution in [0.4, 0.5) is 0 Å². The molecule has 1 heterocycles. The lowest BCUT2D eigenvalue weighted by Gasteiger charge is -2.39. The van der Waals surface area contributed by atoms with E-state index in [9.17, 15) is 4.79 Å². The first kappa shape index (κ1) is 9.59. The van der Waals surface area contributed by atoms with Crippen LogP contribution in [-0.4, -0.2) is 18.4 Å². The summed E-state index contributed by atoms with van der Waals surface area (Å²) in [5.41, 5.74) is 2.72. The third-order valence-corrected chi connectivity index (χ3v) is 4.31. The highest BCUT2D eigenvalue weighted by molar-refractivity contribution is 5.97. The predicted octanol–water partition coefficient (Wildman–Crippen LogP) is 2.20. The molecule has 0 aromatic rings. The van der Waals surface area contributed by atoms with E-state index in [1.54, 1.807) is 0 Å². The Kier molecular flexibility index (Phi) is 2.39. The van der Waals surface area contributed by atoms with Gasteiger partial charge >= 0.3 is 0 Å². The SMILES string of the molecule is O=C1CCCC2=C1C[C@@H]1CCCN[C@H]1C2. The Bertz CT molecular complexity index is 318. The molecule has 15 heavy (non-hydrogen) atoms. The van der Waals surface area contributed by atoms with Crippen LogP contribution in [-0.2, 0) is 4.79 Å². The second-order valence-electron chi connectivity index (χ2n) is 5.23. The normalized spacial score (nSPS) is 36.1. The summed E-state index contributed by atoms with van der Waals surface area (Å²) in [6.45, 7) is 1.18. The molecule has 0 saturated carbocycles. The van der Waals surface area contributed by atoms with E-state index in [1.165, 1.54) is 37.0 Å². The number of carbonyl (C=O) groups excluding carboxylic acids is 1. The number of allylic oxidation sites excluding steroid dienone is 1. The minimum atomic E-state index is 0.459. The van der Waals surface area contributed by atoms with Crippen LogP contribution in [0.25, 0.3) is 0 Å². The fourth-order valence-electron chi connectivity index (χ4n) is 3.48. The lowest BCUT2D eigenvalue weighted by Crippen LogP contribution is -2.44. The molecule has 0 unspecified atom stereocenters. The Morgan fingerprint density at radius 3 is 3.00 bits per heavy atom. The largest absolute Gasteiger partial charge is 0.313 e. The maximum absolute atomic E-state index is 11.8. The highest BCUT2D eigenvalue weighted by Crippen LogP contribution is 2.39. The van der Waals surface area contributed by atoms with E-state index in [4.69, 9.17) is 0 Å². The summed E-state index contributed by atoms with van der Waals surface area (Å²) >= 11 is 0. The van der Waals surface area contributed by atoms with Crippen molar-refractivity contribution in [3.8, 4) is 0 Å². The van der Waals surface area contributed by atoms with Gasteiger partial charge < -0.3 is 5.32 Å². The van der Waals surface area contributed by atoms with Crippen molar-refractivity contribution < 1.29 is 4.79 Å². The molecule has 0 aromatic heterocycles. The number of nitrogens with one attached hydrogen (secondary N) is 1. The smallest absolute Gasteiger partial charge is 0.158 e. The first-order chi connectivity index (χ1) is 7.34. The van der Waals surface area contributed by atoms with Crippen LogP contribution in [0.5, 0.6) is 0 Å². The minimum absolute atomic E-state index is 0.459. The molecule has 3 rings (SSSR count). The van der Waals surface area contributed by atoms with Crippen LogP contribution in [0.1, 0.15) is 44.9 Å². The average molecular weight is 205 g/mol. The summed E-state index contributed by atoms with van der Waals surface area (Å²) < 4.78 is 0. The number of fused-ring (bicyclic) bond motifs is 1. The molecule has 0 radical (unpaired) electrons. The second-order valence-corrected chi connectivity index (χ2v) is 5.23. The average Bonchev–Trinajstić information content (AvgIpc) is 2.27.